The quantitative estimate of drug-likeness (QED) is 0.861. The van der Waals surface area contributed by atoms with Gasteiger partial charge in [0.1, 0.15) is 0 Å². The van der Waals surface area contributed by atoms with E-state index in [9.17, 15) is 13.2 Å². The molecule has 5 heteroatoms. The van der Waals surface area contributed by atoms with Crippen LogP contribution in [0.1, 0.15) is 38.2 Å². The van der Waals surface area contributed by atoms with E-state index < -0.39 is 15.8 Å². The lowest BCUT2D eigenvalue weighted by atomic mass is 9.98. The first kappa shape index (κ1) is 14.7. The van der Waals surface area contributed by atoms with Gasteiger partial charge in [0.15, 0.2) is 9.84 Å². The van der Waals surface area contributed by atoms with E-state index in [4.69, 9.17) is 5.11 Å². The van der Waals surface area contributed by atoms with Gasteiger partial charge in [0.05, 0.1) is 17.1 Å². The van der Waals surface area contributed by atoms with Gasteiger partial charge in [-0.15, -0.1) is 0 Å². The van der Waals surface area contributed by atoms with Crippen LogP contribution in [-0.2, 0) is 14.6 Å². The predicted molar refractivity (Wildman–Crippen MR) is 69.5 cm³/mol. The fourth-order valence-corrected chi connectivity index (χ4v) is 3.16. The number of benzene rings is 1. The molecule has 100 valence electrons. The van der Waals surface area contributed by atoms with Crippen LogP contribution in [0.3, 0.4) is 0 Å². The monoisotopic (exact) mass is 270 g/mol. The van der Waals surface area contributed by atoms with Gasteiger partial charge in [0.2, 0.25) is 0 Å². The van der Waals surface area contributed by atoms with E-state index in [2.05, 4.69) is 0 Å². The highest BCUT2D eigenvalue weighted by atomic mass is 32.2. The Kier molecular flexibility index (Phi) is 4.90. The highest BCUT2D eigenvalue weighted by Crippen LogP contribution is 2.22. The van der Waals surface area contributed by atoms with Crippen molar-refractivity contribution in [3.63, 3.8) is 0 Å². The van der Waals surface area contributed by atoms with Gasteiger partial charge in [0, 0.05) is 0 Å². The van der Waals surface area contributed by atoms with E-state index in [1.807, 2.05) is 6.92 Å². The van der Waals surface area contributed by atoms with Gasteiger partial charge < -0.3 is 5.11 Å². The van der Waals surface area contributed by atoms with Crippen LogP contribution in [0.5, 0.6) is 0 Å². The highest BCUT2D eigenvalue weighted by molar-refractivity contribution is 7.91. The maximum atomic E-state index is 11.9. The predicted octanol–water partition coefficient (Wildman–Crippen LogP) is 2.45. The Hall–Kier alpha value is -1.36. The molecule has 0 heterocycles. The summed E-state index contributed by atoms with van der Waals surface area (Å²) in [5, 5.41) is 8.74. The molecule has 0 bridgehead atoms. The fourth-order valence-electron chi connectivity index (χ4n) is 1.78. The molecule has 0 spiro atoms. The Morgan fingerprint density at radius 3 is 2.61 bits per heavy atom. The number of rotatable bonds is 6. The largest absolute Gasteiger partial charge is 0.481 e. The van der Waals surface area contributed by atoms with E-state index in [1.54, 1.807) is 31.2 Å². The molecule has 0 saturated carbocycles. The molecule has 0 radical (unpaired) electrons. The summed E-state index contributed by atoms with van der Waals surface area (Å²) in [5.74, 6) is -0.965. The minimum absolute atomic E-state index is 0.00270. The van der Waals surface area contributed by atoms with Gasteiger partial charge in [0.25, 0.3) is 0 Å². The Morgan fingerprint density at radius 2 is 2.06 bits per heavy atom. The van der Waals surface area contributed by atoms with Crippen LogP contribution in [0.15, 0.2) is 29.2 Å². The molecule has 0 aliphatic rings. The van der Waals surface area contributed by atoms with Crippen molar-refractivity contribution in [3.8, 4) is 0 Å². The molecular formula is C13H18O4S. The molecule has 1 aromatic rings. The Labute approximate surface area is 108 Å². The van der Waals surface area contributed by atoms with Crippen molar-refractivity contribution in [2.45, 2.75) is 37.5 Å². The van der Waals surface area contributed by atoms with Crippen LogP contribution in [0, 0.1) is 0 Å². The van der Waals surface area contributed by atoms with Crippen LogP contribution in [0.4, 0.5) is 0 Å². The van der Waals surface area contributed by atoms with E-state index >= 15 is 0 Å². The first-order chi connectivity index (χ1) is 8.36. The van der Waals surface area contributed by atoms with Crippen molar-refractivity contribution in [3.05, 3.63) is 29.8 Å². The van der Waals surface area contributed by atoms with Gasteiger partial charge in [-0.2, -0.15) is 0 Å². The molecule has 0 aliphatic carbocycles. The summed E-state index contributed by atoms with van der Waals surface area (Å²) in [5.41, 5.74) is 0.745. The molecule has 0 aromatic heterocycles. The Bertz CT molecular complexity index is 520. The molecule has 0 fully saturated rings. The second-order valence-corrected chi connectivity index (χ2v) is 6.50. The normalized spacial score (nSPS) is 13.2. The van der Waals surface area contributed by atoms with Crippen LogP contribution in [0.2, 0.25) is 0 Å². The molecular weight excluding hydrogens is 252 g/mol. The highest BCUT2D eigenvalue weighted by Gasteiger charge is 2.16. The van der Waals surface area contributed by atoms with Gasteiger partial charge >= 0.3 is 5.97 Å². The molecule has 1 unspecified atom stereocenters. The summed E-state index contributed by atoms with van der Waals surface area (Å²) < 4.78 is 23.8. The van der Waals surface area contributed by atoms with Crippen molar-refractivity contribution in [2.24, 2.45) is 0 Å². The lowest BCUT2D eigenvalue weighted by Crippen LogP contribution is -2.08. The SMILES string of the molecule is CCCS(=O)(=O)c1cccc(C(C)CC(=O)O)c1. The smallest absolute Gasteiger partial charge is 0.303 e. The van der Waals surface area contributed by atoms with E-state index in [1.165, 1.54) is 0 Å². The number of aliphatic carboxylic acids is 1. The minimum atomic E-state index is -3.24. The van der Waals surface area contributed by atoms with E-state index in [0.29, 0.717) is 6.42 Å². The summed E-state index contributed by atoms with van der Waals surface area (Å²) in [6.45, 7) is 3.59. The molecule has 4 nitrogen and oxygen atoms in total. The third-order valence-electron chi connectivity index (χ3n) is 2.74. The van der Waals surface area contributed by atoms with E-state index in [0.717, 1.165) is 5.56 Å². The molecule has 1 aromatic carbocycles. The number of carboxylic acids is 1. The zero-order valence-electron chi connectivity index (χ0n) is 10.6. The zero-order valence-corrected chi connectivity index (χ0v) is 11.4. The minimum Gasteiger partial charge on any atom is -0.481 e. The number of hydrogen-bond acceptors (Lipinski definition) is 3. The third-order valence-corrected chi connectivity index (χ3v) is 4.66. The summed E-state index contributed by atoms with van der Waals surface area (Å²) in [7, 11) is -3.24. The van der Waals surface area contributed by atoms with Crippen LogP contribution < -0.4 is 0 Å². The fraction of sp³-hybridized carbons (Fsp3) is 0.462. The average Bonchev–Trinajstić information content (AvgIpc) is 2.28. The van der Waals surface area contributed by atoms with Crippen LogP contribution in [0.25, 0.3) is 0 Å². The van der Waals surface area contributed by atoms with Crippen molar-refractivity contribution in [1.29, 1.82) is 0 Å². The van der Waals surface area contributed by atoms with E-state index in [-0.39, 0.29) is 23.0 Å². The third kappa shape index (κ3) is 3.84. The second-order valence-electron chi connectivity index (χ2n) is 4.39. The lowest BCUT2D eigenvalue weighted by molar-refractivity contribution is -0.137. The van der Waals surface area contributed by atoms with Gasteiger partial charge in [-0.05, 0) is 30.0 Å². The van der Waals surface area contributed by atoms with Crippen LogP contribution in [-0.4, -0.2) is 25.2 Å². The molecule has 1 atom stereocenters. The molecule has 18 heavy (non-hydrogen) atoms. The molecule has 0 aliphatic heterocycles. The maximum absolute atomic E-state index is 11.9. The van der Waals surface area contributed by atoms with Crippen molar-refractivity contribution >= 4 is 15.8 Å². The van der Waals surface area contributed by atoms with Crippen molar-refractivity contribution < 1.29 is 18.3 Å². The van der Waals surface area contributed by atoms with Gasteiger partial charge in [-0.1, -0.05) is 26.0 Å². The van der Waals surface area contributed by atoms with Gasteiger partial charge in [-0.3, -0.25) is 4.79 Å². The van der Waals surface area contributed by atoms with Crippen LogP contribution >= 0.6 is 0 Å². The van der Waals surface area contributed by atoms with Gasteiger partial charge in [-0.25, -0.2) is 8.42 Å². The molecule has 1 N–H and O–H groups in total. The second kappa shape index (κ2) is 6.00. The first-order valence-electron chi connectivity index (χ1n) is 5.91. The number of carbonyl (C=O) groups is 1. The maximum Gasteiger partial charge on any atom is 0.303 e. The summed E-state index contributed by atoms with van der Waals surface area (Å²) >= 11 is 0. The first-order valence-corrected chi connectivity index (χ1v) is 7.56. The summed E-state index contributed by atoms with van der Waals surface area (Å²) in [6.07, 6.45) is 0.564. The number of sulfone groups is 1. The van der Waals surface area contributed by atoms with Crippen molar-refractivity contribution in [1.82, 2.24) is 0 Å². The summed E-state index contributed by atoms with van der Waals surface area (Å²) in [6, 6.07) is 6.56. The topological polar surface area (TPSA) is 71.4 Å². The Balaban J connectivity index is 3.02. The lowest BCUT2D eigenvalue weighted by Gasteiger charge is -2.11. The number of carboxylic acid groups (broad SMARTS) is 1. The summed E-state index contributed by atoms with van der Waals surface area (Å²) in [4.78, 5) is 10.9. The molecule has 0 amide bonds. The standard InChI is InChI=1S/C13H18O4S/c1-3-7-18(16,17)12-6-4-5-11(9-12)10(2)8-13(14)15/h4-6,9-10H,3,7-8H2,1-2H3,(H,14,15). The Morgan fingerprint density at radius 1 is 1.39 bits per heavy atom. The molecule has 0 saturated heterocycles. The average molecular weight is 270 g/mol. The number of hydrogen-bond donors (Lipinski definition) is 1. The molecule has 1 rings (SSSR count). The zero-order chi connectivity index (χ0) is 13.8. The van der Waals surface area contributed by atoms with Crippen molar-refractivity contribution in [2.75, 3.05) is 5.75 Å².